The molecule has 4 aromatic rings. The lowest BCUT2D eigenvalue weighted by molar-refractivity contribution is -0.121. The largest absolute Gasteiger partial charge is 0.490 e. The lowest BCUT2D eigenvalue weighted by atomic mass is 9.88. The number of ether oxygens (including phenoxy) is 3. The van der Waals surface area contributed by atoms with Gasteiger partial charge in [0, 0.05) is 55.4 Å². The Morgan fingerprint density at radius 1 is 1.01 bits per heavy atom. The number of nitrogen functional groups attached to an aromatic ring is 1. The summed E-state index contributed by atoms with van der Waals surface area (Å²) in [4.78, 5) is 82.3. The summed E-state index contributed by atoms with van der Waals surface area (Å²) < 4.78 is 103. The van der Waals surface area contributed by atoms with E-state index in [2.05, 4.69) is 50.2 Å². The van der Waals surface area contributed by atoms with Gasteiger partial charge in [0.25, 0.3) is 10.1 Å². The van der Waals surface area contributed by atoms with E-state index in [0.29, 0.717) is 52.3 Å². The number of phosphoric acid groups is 3. The summed E-state index contributed by atoms with van der Waals surface area (Å²) in [6, 6.07) is 7.57. The van der Waals surface area contributed by atoms with Crippen LogP contribution in [-0.2, 0) is 57.6 Å². The molecule has 0 radical (unpaired) electrons. The van der Waals surface area contributed by atoms with Crippen molar-refractivity contribution in [3.63, 3.8) is 0 Å². The minimum atomic E-state index is -5.88. The Balaban J connectivity index is 0.889. The van der Waals surface area contributed by atoms with Gasteiger partial charge in [-0.25, -0.2) is 43.0 Å². The number of aliphatic hydroxyl groups is 1. The smallest absolute Gasteiger partial charge is 0.452 e. The molecule has 6 heterocycles. The van der Waals surface area contributed by atoms with Crippen LogP contribution >= 0.6 is 23.5 Å². The number of nitrogens with two attached hydrogens (primary N) is 1. The minimum Gasteiger partial charge on any atom is -0.452 e. The van der Waals surface area contributed by atoms with E-state index >= 15 is 0 Å². The molecular formula is C40H52N10O19P3S+. The number of hydrogen-bond acceptors (Lipinski definition) is 20. The van der Waals surface area contributed by atoms with Crippen LogP contribution in [0.2, 0.25) is 0 Å². The summed E-state index contributed by atoms with van der Waals surface area (Å²) in [5, 5.41) is 18.1. The van der Waals surface area contributed by atoms with Gasteiger partial charge in [-0.05, 0) is 51.3 Å². The Kier molecular flexibility index (Phi) is 15.4. The van der Waals surface area contributed by atoms with Crippen LogP contribution in [0.5, 0.6) is 11.5 Å². The molecule has 33 heteroatoms. The second-order valence-corrected chi connectivity index (χ2v) is 23.5. The Bertz CT molecular complexity index is 3280. The van der Waals surface area contributed by atoms with E-state index in [0.717, 1.165) is 49.5 Å². The number of phosphoric ester groups is 1. The molecule has 2 aromatic heterocycles. The van der Waals surface area contributed by atoms with Crippen LogP contribution in [0.1, 0.15) is 57.4 Å². The standard InChI is InChI=1S/C40H51N10O19P3S/c1-4-48-11-5-7-22-13-25-29(15-27(22)48)65-30-16-28-24(14-26(30)47-25)23(19-73(61,62)63)17-40(2,3)50(28)12-6-8-32(51)42-9-10-43-39(53)67-35-34(52)31(18-64-71(57,58)69-72(59,60)68-70(54,55)56)66-38(35)49-21-46-33-36(41)44-20-45-37(33)49/h13-17,20-21,31,34-35,38,52H,4-12,18-19H2,1-3H3,(H8-,41,42,43,44,45,51,53,54,55,56,57,58,59,60,61,62,63)/p+1/t31-,34-,35-,38-/m1/s1. The van der Waals surface area contributed by atoms with Crippen LogP contribution in [0, 0.1) is 0 Å². The summed E-state index contributed by atoms with van der Waals surface area (Å²) in [7, 11) is -21.7. The van der Waals surface area contributed by atoms with Gasteiger partial charge in [-0.2, -0.15) is 17.0 Å². The molecule has 0 spiro atoms. The lowest BCUT2D eigenvalue weighted by Crippen LogP contribution is -2.46. The number of rotatable bonds is 19. The lowest BCUT2D eigenvalue weighted by Gasteiger charge is -2.44. The highest BCUT2D eigenvalue weighted by Crippen LogP contribution is 2.66. The van der Waals surface area contributed by atoms with Crippen molar-refractivity contribution < 1.29 is 88.3 Å². The zero-order chi connectivity index (χ0) is 52.8. The fourth-order valence-electron chi connectivity index (χ4n) is 9.00. The van der Waals surface area contributed by atoms with Gasteiger partial charge >= 0.3 is 29.6 Å². The molecule has 29 nitrogen and oxygen atoms in total. The molecule has 73 heavy (non-hydrogen) atoms. The molecule has 396 valence electrons. The predicted octanol–water partition coefficient (Wildman–Crippen LogP) is 1.09. The average Bonchev–Trinajstić information content (AvgIpc) is 3.84. The first kappa shape index (κ1) is 54.0. The Hall–Kier alpha value is -5.29. The maximum Gasteiger partial charge on any atom is 0.490 e. The van der Waals surface area contributed by atoms with Gasteiger partial charge in [-0.15, -0.1) is 0 Å². The van der Waals surface area contributed by atoms with Gasteiger partial charge < -0.3 is 60.2 Å². The van der Waals surface area contributed by atoms with Gasteiger partial charge in [-0.1, -0.05) is 6.08 Å². The van der Waals surface area contributed by atoms with E-state index in [1.165, 1.54) is 4.57 Å². The first-order valence-electron chi connectivity index (χ1n) is 22.4. The third-order valence-electron chi connectivity index (χ3n) is 12.0. The van der Waals surface area contributed by atoms with E-state index in [-0.39, 0.29) is 42.4 Å². The SMILES string of the molecule is CC[N+]1=c2cc3c(cc2CCC1)=Nc1cc2c(cc1O3)N(CCCC(=O)NCCNC(=O)O[C@@H]1[C@H](O)[C@@H](COP(=O)(O)OP(=O)(O)OP(=O)(O)O)O[C@H]1n1cnc3c(N)ncnc31)C(C)(C)C=C2CS(=O)(=O)O. The fourth-order valence-corrected chi connectivity index (χ4v) is 12.7. The third-order valence-corrected chi connectivity index (χ3v) is 16.5. The molecule has 0 aliphatic carbocycles. The van der Waals surface area contributed by atoms with Crippen LogP contribution < -0.4 is 41.3 Å². The summed E-state index contributed by atoms with van der Waals surface area (Å²) in [5.41, 5.74) is 8.40. The number of nitrogens with zero attached hydrogens (tertiary/aromatic N) is 7. The van der Waals surface area contributed by atoms with Crippen molar-refractivity contribution in [3.05, 3.63) is 64.8 Å². The molecule has 0 saturated carbocycles. The number of carbonyl (C=O) groups is 2. The number of carbonyl (C=O) groups excluding carboxylic acids is 2. The Morgan fingerprint density at radius 2 is 1.77 bits per heavy atom. The summed E-state index contributed by atoms with van der Waals surface area (Å²) in [5.74, 6) is -0.0288. The maximum absolute atomic E-state index is 13.1. The number of nitrogens with one attached hydrogen (secondary N) is 2. The normalized spacial score (nSPS) is 21.8. The van der Waals surface area contributed by atoms with Gasteiger partial charge in [0.15, 0.2) is 35.3 Å². The van der Waals surface area contributed by atoms with Gasteiger partial charge in [0.2, 0.25) is 11.3 Å². The third kappa shape index (κ3) is 12.6. The zero-order valence-corrected chi connectivity index (χ0v) is 42.6. The van der Waals surface area contributed by atoms with E-state index < -0.39 is 82.1 Å². The van der Waals surface area contributed by atoms with Gasteiger partial charge in [-0.3, -0.25) is 18.4 Å². The van der Waals surface area contributed by atoms with E-state index in [1.807, 2.05) is 30.9 Å². The molecule has 4 aliphatic heterocycles. The Labute approximate surface area is 414 Å². The molecule has 1 fully saturated rings. The molecule has 2 aromatic carbocycles. The molecule has 10 N–H and O–H groups in total. The zero-order valence-electron chi connectivity index (χ0n) is 39.1. The second-order valence-electron chi connectivity index (χ2n) is 17.7. The monoisotopic (exact) mass is 1100 g/mol. The van der Waals surface area contributed by atoms with Crippen molar-refractivity contribution in [1.82, 2.24) is 34.7 Å². The van der Waals surface area contributed by atoms with Crippen LogP contribution in [0.3, 0.4) is 0 Å². The van der Waals surface area contributed by atoms with Crippen LogP contribution in [-0.4, -0.2) is 138 Å². The van der Waals surface area contributed by atoms with Crippen molar-refractivity contribution in [1.29, 1.82) is 0 Å². The molecule has 6 atom stereocenters. The first-order valence-corrected chi connectivity index (χ1v) is 28.5. The highest BCUT2D eigenvalue weighted by atomic mass is 32.2. The molecular weight excluding hydrogens is 1050 g/mol. The van der Waals surface area contributed by atoms with Crippen molar-refractivity contribution in [2.45, 2.75) is 76.5 Å². The molecule has 1 saturated heterocycles. The van der Waals surface area contributed by atoms with Crippen LogP contribution in [0.4, 0.5) is 22.0 Å². The fraction of sp³-hybridized carbons (Fsp3) is 0.475. The highest BCUT2D eigenvalue weighted by molar-refractivity contribution is 7.86. The summed E-state index contributed by atoms with van der Waals surface area (Å²) >= 11 is 0. The van der Waals surface area contributed by atoms with E-state index in [4.69, 9.17) is 34.7 Å². The highest BCUT2D eigenvalue weighted by Gasteiger charge is 2.50. The maximum atomic E-state index is 13.1. The molecule has 2 unspecified atom stereocenters. The number of imidazole rings is 1. The van der Waals surface area contributed by atoms with E-state index in [1.54, 1.807) is 18.2 Å². The minimum absolute atomic E-state index is 0.0270. The summed E-state index contributed by atoms with van der Waals surface area (Å²) in [6.45, 7) is 6.56. The quantitative estimate of drug-likeness (QED) is 0.0242. The van der Waals surface area contributed by atoms with Gasteiger partial charge in [0.1, 0.15) is 53.9 Å². The summed E-state index contributed by atoms with van der Waals surface area (Å²) in [6.07, 6.45) is -1.53. The molecule has 2 amide bonds. The van der Waals surface area contributed by atoms with Crippen molar-refractivity contribution in [2.75, 3.05) is 55.7 Å². The number of fused-ring (bicyclic) bond motifs is 5. The Morgan fingerprint density at radius 3 is 2.49 bits per heavy atom. The van der Waals surface area contributed by atoms with E-state index in [9.17, 15) is 51.1 Å². The molecule has 8 rings (SSSR count). The topological polar surface area (TPSA) is 409 Å². The number of amides is 2. The number of benzene rings is 2. The molecule has 0 bridgehead atoms. The number of aliphatic hydroxyl groups excluding tert-OH is 1. The van der Waals surface area contributed by atoms with Gasteiger partial charge in [0.05, 0.1) is 24.5 Å². The van der Waals surface area contributed by atoms with Crippen LogP contribution in [0.25, 0.3) is 16.7 Å². The second kappa shape index (κ2) is 20.8. The van der Waals surface area contributed by atoms with Crippen LogP contribution in [0.15, 0.2) is 48.0 Å². The average molecular weight is 1100 g/mol. The number of hydrogen-bond donors (Lipinski definition) is 9. The first-order chi connectivity index (χ1) is 34.2. The number of anilines is 2. The number of aryl methyl sites for hydroxylation is 1. The number of alkyl carbamates (subject to hydrolysis) is 1. The number of aromatic nitrogens is 4. The predicted molar refractivity (Wildman–Crippen MR) is 254 cm³/mol. The van der Waals surface area contributed by atoms with Crippen molar-refractivity contribution in [3.8, 4) is 11.5 Å². The molecule has 4 aliphatic rings. The van der Waals surface area contributed by atoms with Crippen molar-refractivity contribution >= 4 is 79.5 Å². The van der Waals surface area contributed by atoms with Crippen molar-refractivity contribution in [2.24, 2.45) is 4.99 Å².